The van der Waals surface area contributed by atoms with E-state index in [1.807, 2.05) is 0 Å². The first-order valence-electron chi connectivity index (χ1n) is 10.2. The van der Waals surface area contributed by atoms with Gasteiger partial charge in [-0.1, -0.05) is 6.07 Å². The first-order chi connectivity index (χ1) is 16.8. The number of carbonyl (C=O) groups excluding carboxylic acids is 1. The molecule has 13 heteroatoms. The number of rotatable bonds is 8. The van der Waals surface area contributed by atoms with E-state index in [9.17, 15) is 36.5 Å². The number of benzene rings is 3. The van der Waals surface area contributed by atoms with Crippen molar-refractivity contribution >= 4 is 33.0 Å². The summed E-state index contributed by atoms with van der Waals surface area (Å²) in [6, 6.07) is 12.7. The minimum Gasteiger partial charge on any atom is -0.497 e. The van der Waals surface area contributed by atoms with Gasteiger partial charge in [0, 0.05) is 17.3 Å². The van der Waals surface area contributed by atoms with Crippen molar-refractivity contribution in [3.8, 4) is 5.75 Å². The summed E-state index contributed by atoms with van der Waals surface area (Å²) >= 11 is 0. The molecule has 0 bridgehead atoms. The highest BCUT2D eigenvalue weighted by atomic mass is 32.2. The Morgan fingerprint density at radius 2 is 1.67 bits per heavy atom. The van der Waals surface area contributed by atoms with Gasteiger partial charge in [0.15, 0.2) is 0 Å². The summed E-state index contributed by atoms with van der Waals surface area (Å²) in [5.41, 5.74) is -1.01. The second kappa shape index (κ2) is 10.2. The van der Waals surface area contributed by atoms with E-state index in [1.165, 1.54) is 50.4 Å². The number of nitrogens with zero attached hydrogens (tertiary/aromatic N) is 2. The molecule has 1 N–H and O–H groups in total. The second-order valence-corrected chi connectivity index (χ2v) is 9.40. The molecule has 9 nitrogen and oxygen atoms in total. The van der Waals surface area contributed by atoms with Crippen LogP contribution in [0.3, 0.4) is 0 Å². The van der Waals surface area contributed by atoms with Gasteiger partial charge in [-0.3, -0.25) is 19.2 Å². The molecule has 0 aliphatic heterocycles. The van der Waals surface area contributed by atoms with Crippen molar-refractivity contribution in [1.82, 2.24) is 0 Å². The summed E-state index contributed by atoms with van der Waals surface area (Å²) in [5.74, 6) is -0.438. The predicted octanol–water partition coefficient (Wildman–Crippen LogP) is 4.76. The van der Waals surface area contributed by atoms with Crippen molar-refractivity contribution in [2.24, 2.45) is 0 Å². The summed E-state index contributed by atoms with van der Waals surface area (Å²) in [5, 5.41) is 13.7. The molecule has 0 aromatic heterocycles. The predicted molar refractivity (Wildman–Crippen MR) is 125 cm³/mol. The van der Waals surface area contributed by atoms with Crippen LogP contribution >= 0.6 is 0 Å². The van der Waals surface area contributed by atoms with Crippen LogP contribution in [0.4, 0.5) is 30.2 Å². The van der Waals surface area contributed by atoms with Gasteiger partial charge in [-0.25, -0.2) is 8.42 Å². The van der Waals surface area contributed by atoms with E-state index >= 15 is 0 Å². The van der Waals surface area contributed by atoms with Crippen LogP contribution in [0.5, 0.6) is 5.75 Å². The Morgan fingerprint density at radius 1 is 1.06 bits per heavy atom. The molecule has 3 rings (SSSR count). The molecule has 0 atom stereocenters. The van der Waals surface area contributed by atoms with E-state index in [-0.39, 0.29) is 16.9 Å². The second-order valence-electron chi connectivity index (χ2n) is 7.54. The number of aryl methyl sites for hydroxylation is 1. The lowest BCUT2D eigenvalue weighted by Crippen LogP contribution is -2.38. The SMILES string of the molecule is COc1ccc(N(CC(=O)Nc2ccc(C(F)(F)F)cc2)S(=O)(=O)c2ccc(C)c([N+](=O)[O-])c2)cc1. The maximum Gasteiger partial charge on any atom is 0.416 e. The number of ether oxygens (including phenoxy) is 1. The van der Waals surface area contributed by atoms with Gasteiger partial charge in [0.1, 0.15) is 12.3 Å². The van der Waals surface area contributed by atoms with Gasteiger partial charge in [0.2, 0.25) is 5.91 Å². The smallest absolute Gasteiger partial charge is 0.416 e. The molecule has 0 unspecified atom stereocenters. The molecule has 3 aromatic carbocycles. The molecular formula is C23H20F3N3O6S. The molecule has 0 aliphatic rings. The van der Waals surface area contributed by atoms with Crippen molar-refractivity contribution < 1.29 is 36.0 Å². The zero-order chi connectivity index (χ0) is 26.7. The number of hydrogen-bond acceptors (Lipinski definition) is 6. The number of nitrogens with one attached hydrogen (secondary N) is 1. The number of nitro benzene ring substituents is 1. The van der Waals surface area contributed by atoms with E-state index in [4.69, 9.17) is 4.74 Å². The van der Waals surface area contributed by atoms with Gasteiger partial charge in [-0.2, -0.15) is 13.2 Å². The van der Waals surface area contributed by atoms with Crippen molar-refractivity contribution in [2.45, 2.75) is 18.0 Å². The standard InChI is InChI=1S/C23H20F3N3O6S/c1-15-3-12-20(13-21(15)29(31)32)36(33,34)28(18-8-10-19(35-2)11-9-18)14-22(30)27-17-6-4-16(5-7-17)23(24,25)26/h3-13H,14H2,1-2H3,(H,27,30). The first kappa shape index (κ1) is 26.5. The van der Waals surface area contributed by atoms with Gasteiger partial charge in [0.25, 0.3) is 15.7 Å². The maximum absolute atomic E-state index is 13.5. The average molecular weight is 523 g/mol. The monoisotopic (exact) mass is 523 g/mol. The number of methoxy groups -OCH3 is 1. The number of anilines is 2. The van der Waals surface area contributed by atoms with Crippen LogP contribution in [0, 0.1) is 17.0 Å². The lowest BCUT2D eigenvalue weighted by molar-refractivity contribution is -0.385. The molecule has 0 spiro atoms. The highest BCUT2D eigenvalue weighted by Gasteiger charge is 2.31. The van der Waals surface area contributed by atoms with Crippen LogP contribution in [0.25, 0.3) is 0 Å². The van der Waals surface area contributed by atoms with Gasteiger partial charge < -0.3 is 10.1 Å². The fourth-order valence-electron chi connectivity index (χ4n) is 3.21. The number of sulfonamides is 1. The van der Waals surface area contributed by atoms with E-state index in [2.05, 4.69) is 5.32 Å². The minimum atomic E-state index is -4.56. The average Bonchev–Trinajstić information content (AvgIpc) is 2.82. The largest absolute Gasteiger partial charge is 0.497 e. The molecule has 0 heterocycles. The number of halogens is 3. The summed E-state index contributed by atoms with van der Waals surface area (Å²) in [6.07, 6.45) is -4.56. The molecule has 0 fully saturated rings. The van der Waals surface area contributed by atoms with E-state index in [0.717, 1.165) is 34.6 Å². The molecule has 1 amide bonds. The van der Waals surface area contributed by atoms with Crippen molar-refractivity contribution in [3.63, 3.8) is 0 Å². The molecule has 0 saturated heterocycles. The van der Waals surface area contributed by atoms with Gasteiger partial charge in [0.05, 0.1) is 28.2 Å². The number of hydrogen-bond donors (Lipinski definition) is 1. The van der Waals surface area contributed by atoms with Crippen LogP contribution < -0.4 is 14.4 Å². The first-order valence-corrected chi connectivity index (χ1v) is 11.7. The fourth-order valence-corrected chi connectivity index (χ4v) is 4.65. The highest BCUT2D eigenvalue weighted by Crippen LogP contribution is 2.31. The summed E-state index contributed by atoms with van der Waals surface area (Å²) < 4.78 is 71.1. The van der Waals surface area contributed by atoms with Crippen molar-refractivity contribution in [2.75, 3.05) is 23.3 Å². The maximum atomic E-state index is 13.5. The molecule has 3 aromatic rings. The van der Waals surface area contributed by atoms with E-state index in [0.29, 0.717) is 5.75 Å². The quantitative estimate of drug-likeness (QED) is 0.336. The molecule has 0 radical (unpaired) electrons. The Balaban J connectivity index is 1.96. The fraction of sp³-hybridized carbons (Fsp3) is 0.174. The lowest BCUT2D eigenvalue weighted by atomic mass is 10.2. The van der Waals surface area contributed by atoms with Crippen molar-refractivity contribution in [1.29, 1.82) is 0 Å². The zero-order valence-corrected chi connectivity index (χ0v) is 19.8. The van der Waals surface area contributed by atoms with Crippen molar-refractivity contribution in [3.05, 3.63) is 88.0 Å². The Kier molecular flexibility index (Phi) is 7.53. The third-order valence-corrected chi connectivity index (χ3v) is 6.88. The van der Waals surface area contributed by atoms with Crippen LogP contribution in [-0.2, 0) is 21.0 Å². The summed E-state index contributed by atoms with van der Waals surface area (Å²) in [7, 11) is -3.07. The Labute approximate surface area is 204 Å². The molecule has 36 heavy (non-hydrogen) atoms. The number of alkyl halides is 3. The van der Waals surface area contributed by atoms with Crippen LogP contribution in [0.1, 0.15) is 11.1 Å². The molecule has 0 saturated carbocycles. The van der Waals surface area contributed by atoms with Crippen LogP contribution in [0.2, 0.25) is 0 Å². The van der Waals surface area contributed by atoms with Gasteiger partial charge in [-0.05, 0) is 61.5 Å². The van der Waals surface area contributed by atoms with E-state index < -0.39 is 49.7 Å². The topological polar surface area (TPSA) is 119 Å². The molecular weight excluding hydrogens is 503 g/mol. The zero-order valence-electron chi connectivity index (χ0n) is 18.9. The number of carbonyl (C=O) groups is 1. The van der Waals surface area contributed by atoms with Crippen LogP contribution in [-0.4, -0.2) is 32.9 Å². The Morgan fingerprint density at radius 3 is 2.19 bits per heavy atom. The van der Waals surface area contributed by atoms with Crippen LogP contribution in [0.15, 0.2) is 71.6 Å². The summed E-state index contributed by atoms with van der Waals surface area (Å²) in [6.45, 7) is 0.685. The molecule has 0 aliphatic carbocycles. The van der Waals surface area contributed by atoms with Gasteiger partial charge >= 0.3 is 6.18 Å². The minimum absolute atomic E-state index is 0.0195. The Hall–Kier alpha value is -4.13. The van der Waals surface area contributed by atoms with E-state index in [1.54, 1.807) is 0 Å². The Bertz CT molecular complexity index is 1380. The normalized spacial score (nSPS) is 11.6. The van der Waals surface area contributed by atoms with Gasteiger partial charge in [-0.15, -0.1) is 0 Å². The highest BCUT2D eigenvalue weighted by molar-refractivity contribution is 7.92. The third-order valence-electron chi connectivity index (χ3n) is 5.11. The summed E-state index contributed by atoms with van der Waals surface area (Å²) in [4.78, 5) is 22.9. The third kappa shape index (κ3) is 5.92. The molecule has 190 valence electrons. The number of nitro groups is 1. The lowest BCUT2D eigenvalue weighted by Gasteiger charge is -2.24. The number of amides is 1.